The van der Waals surface area contributed by atoms with Gasteiger partial charge < -0.3 is 0 Å². The van der Waals surface area contributed by atoms with E-state index in [0.29, 0.717) is 34.1 Å². The summed E-state index contributed by atoms with van der Waals surface area (Å²) >= 11 is 3.30. The molecule has 1 aromatic carbocycles. The van der Waals surface area contributed by atoms with Crippen LogP contribution in [0.2, 0.25) is 0 Å². The normalized spacial score (nSPS) is 20.8. The van der Waals surface area contributed by atoms with Gasteiger partial charge in [-0.25, -0.2) is 0 Å². The van der Waals surface area contributed by atoms with Crippen LogP contribution >= 0.6 is 15.9 Å². The second-order valence-corrected chi connectivity index (χ2v) is 7.63. The molecule has 0 fully saturated rings. The summed E-state index contributed by atoms with van der Waals surface area (Å²) in [5.41, 5.74) is 2.25. The third-order valence-corrected chi connectivity index (χ3v) is 5.37. The number of nitrogens with zero attached hydrogens (tertiary/aromatic N) is 3. The molecule has 9 heteroatoms. The van der Waals surface area contributed by atoms with Crippen LogP contribution in [0, 0.1) is 5.95 Å². The topological polar surface area (TPSA) is 44.8 Å². The molecular formula is C18H15BrF4N4. The van der Waals surface area contributed by atoms with Crippen molar-refractivity contribution in [1.29, 1.82) is 0 Å². The molecule has 2 atom stereocenters. The summed E-state index contributed by atoms with van der Waals surface area (Å²) in [6.07, 6.45) is -2.51. The van der Waals surface area contributed by atoms with Crippen molar-refractivity contribution >= 4 is 26.8 Å². The molecule has 0 saturated heterocycles. The molecule has 0 aliphatic carbocycles. The number of fused-ring (bicyclic) bond motifs is 3. The van der Waals surface area contributed by atoms with Crippen molar-refractivity contribution < 1.29 is 17.6 Å². The molecule has 4 nitrogen and oxygen atoms in total. The Labute approximate surface area is 160 Å². The van der Waals surface area contributed by atoms with Crippen LogP contribution in [0.5, 0.6) is 0 Å². The fraction of sp³-hybridized carbons (Fsp3) is 0.333. The quantitative estimate of drug-likeness (QED) is 0.582. The van der Waals surface area contributed by atoms with Gasteiger partial charge in [0, 0.05) is 16.7 Å². The van der Waals surface area contributed by atoms with Crippen molar-refractivity contribution in [3.8, 4) is 0 Å². The van der Waals surface area contributed by atoms with E-state index in [1.807, 2.05) is 0 Å². The molecule has 3 aromatic rings. The molecule has 27 heavy (non-hydrogen) atoms. The van der Waals surface area contributed by atoms with Gasteiger partial charge in [-0.15, -0.1) is 0 Å². The lowest BCUT2D eigenvalue weighted by atomic mass is 9.85. The van der Waals surface area contributed by atoms with Crippen molar-refractivity contribution in [2.24, 2.45) is 0 Å². The van der Waals surface area contributed by atoms with Gasteiger partial charge in [0.1, 0.15) is 0 Å². The van der Waals surface area contributed by atoms with Crippen molar-refractivity contribution in [3.05, 3.63) is 57.7 Å². The minimum atomic E-state index is -4.36. The van der Waals surface area contributed by atoms with E-state index in [4.69, 9.17) is 0 Å². The number of aromatic amines is 1. The largest absolute Gasteiger partial charge is 0.401 e. The molecule has 1 aliphatic heterocycles. The van der Waals surface area contributed by atoms with Crippen molar-refractivity contribution in [2.75, 3.05) is 6.54 Å². The zero-order valence-corrected chi connectivity index (χ0v) is 15.8. The number of benzene rings is 1. The number of halogens is 5. The average Bonchev–Trinajstić information content (AvgIpc) is 2.97. The summed E-state index contributed by atoms with van der Waals surface area (Å²) in [6, 6.07) is 5.61. The Bertz CT molecular complexity index is 983. The fourth-order valence-corrected chi connectivity index (χ4v) is 4.04. The highest BCUT2D eigenvalue weighted by Crippen LogP contribution is 2.41. The van der Waals surface area contributed by atoms with Crippen molar-refractivity contribution in [3.63, 3.8) is 0 Å². The molecule has 2 aromatic heterocycles. The molecule has 1 aliphatic rings. The zero-order valence-electron chi connectivity index (χ0n) is 14.2. The smallest absolute Gasteiger partial charge is 0.279 e. The predicted octanol–water partition coefficient (Wildman–Crippen LogP) is 4.76. The highest BCUT2D eigenvalue weighted by Gasteiger charge is 2.41. The molecular weight excluding hydrogens is 428 g/mol. The Morgan fingerprint density at radius 3 is 2.70 bits per heavy atom. The van der Waals surface area contributed by atoms with Gasteiger partial charge in [0.25, 0.3) is 0 Å². The Kier molecular flexibility index (Phi) is 4.46. The maximum Gasteiger partial charge on any atom is 0.401 e. The Balaban J connectivity index is 1.92. The summed E-state index contributed by atoms with van der Waals surface area (Å²) in [5.74, 6) is -0.569. The number of nitrogens with one attached hydrogen (secondary N) is 1. The SMILES string of the molecule is C[C@@H]1Cc2c(ccc3n[nH]c(F)c23)[C@@H](c2ccc(Br)cn2)N1CC(F)(F)F. The molecule has 0 bridgehead atoms. The number of pyridine rings is 1. The lowest BCUT2D eigenvalue weighted by Gasteiger charge is -2.42. The maximum absolute atomic E-state index is 14.3. The van der Waals surface area contributed by atoms with Gasteiger partial charge in [-0.05, 0) is 58.6 Å². The van der Waals surface area contributed by atoms with Crippen molar-refractivity contribution in [1.82, 2.24) is 20.1 Å². The molecule has 0 spiro atoms. The molecule has 142 valence electrons. The lowest BCUT2D eigenvalue weighted by molar-refractivity contribution is -0.155. The molecule has 0 amide bonds. The van der Waals surface area contributed by atoms with E-state index in [1.54, 1.807) is 37.4 Å². The number of H-pyrrole nitrogens is 1. The van der Waals surface area contributed by atoms with E-state index < -0.39 is 30.8 Å². The minimum absolute atomic E-state index is 0.298. The van der Waals surface area contributed by atoms with Crippen LogP contribution in [0.3, 0.4) is 0 Å². The van der Waals surface area contributed by atoms with E-state index in [0.717, 1.165) is 4.47 Å². The number of hydrogen-bond donors (Lipinski definition) is 1. The zero-order chi connectivity index (χ0) is 19.3. The van der Waals surface area contributed by atoms with Gasteiger partial charge in [-0.1, -0.05) is 6.07 Å². The molecule has 4 rings (SSSR count). The fourth-order valence-electron chi connectivity index (χ4n) is 3.81. The van der Waals surface area contributed by atoms with Gasteiger partial charge in [-0.2, -0.15) is 22.7 Å². The van der Waals surface area contributed by atoms with Crippen LogP contribution in [-0.4, -0.2) is 38.8 Å². The summed E-state index contributed by atoms with van der Waals surface area (Å²) < 4.78 is 54.8. The number of alkyl halides is 3. The molecule has 0 radical (unpaired) electrons. The first kappa shape index (κ1) is 18.4. The van der Waals surface area contributed by atoms with Crippen LogP contribution in [-0.2, 0) is 6.42 Å². The highest BCUT2D eigenvalue weighted by atomic mass is 79.9. The molecule has 0 saturated carbocycles. The second kappa shape index (κ2) is 6.56. The Morgan fingerprint density at radius 2 is 2.04 bits per heavy atom. The highest BCUT2D eigenvalue weighted by molar-refractivity contribution is 9.10. The molecule has 3 heterocycles. The van der Waals surface area contributed by atoms with E-state index in [2.05, 4.69) is 31.1 Å². The summed E-state index contributed by atoms with van der Waals surface area (Å²) in [6.45, 7) is 0.652. The third-order valence-electron chi connectivity index (χ3n) is 4.91. The van der Waals surface area contributed by atoms with Crippen LogP contribution in [0.25, 0.3) is 10.9 Å². The number of rotatable bonds is 2. The van der Waals surface area contributed by atoms with Crippen molar-refractivity contribution in [2.45, 2.75) is 31.6 Å². The van der Waals surface area contributed by atoms with E-state index >= 15 is 0 Å². The summed E-state index contributed by atoms with van der Waals surface area (Å²) in [5, 5.41) is 6.59. The van der Waals surface area contributed by atoms with Gasteiger partial charge in [0.2, 0.25) is 5.95 Å². The third kappa shape index (κ3) is 3.34. The Hall–Kier alpha value is -2.00. The predicted molar refractivity (Wildman–Crippen MR) is 95.8 cm³/mol. The van der Waals surface area contributed by atoms with E-state index in [-0.39, 0.29) is 0 Å². The molecule has 1 N–H and O–H groups in total. The monoisotopic (exact) mass is 442 g/mol. The maximum atomic E-state index is 14.3. The first-order valence-corrected chi connectivity index (χ1v) is 9.13. The summed E-state index contributed by atoms with van der Waals surface area (Å²) in [4.78, 5) is 5.71. The van der Waals surface area contributed by atoms with E-state index in [9.17, 15) is 17.6 Å². The first-order valence-electron chi connectivity index (χ1n) is 8.34. The number of aromatic nitrogens is 3. The van der Waals surface area contributed by atoms with Gasteiger partial charge in [0.05, 0.1) is 29.2 Å². The number of hydrogen-bond acceptors (Lipinski definition) is 3. The first-order chi connectivity index (χ1) is 12.7. The average molecular weight is 443 g/mol. The minimum Gasteiger partial charge on any atom is -0.279 e. The van der Waals surface area contributed by atoms with Crippen LogP contribution in [0.15, 0.2) is 34.9 Å². The van der Waals surface area contributed by atoms with Crippen LogP contribution in [0.1, 0.15) is 29.8 Å². The standard InChI is InChI=1S/C18H15BrF4N4/c1-9-6-12-11(3-5-13-15(12)17(20)26-25-13)16(27(9)8-18(21,22)23)14-4-2-10(19)7-24-14/h2-5,7,9,16H,6,8H2,1H3,(H,25,26)/t9-,16+/m1/s1. The van der Waals surface area contributed by atoms with Gasteiger partial charge in [0.15, 0.2) is 0 Å². The Morgan fingerprint density at radius 1 is 1.26 bits per heavy atom. The van der Waals surface area contributed by atoms with Crippen LogP contribution < -0.4 is 0 Å². The summed E-state index contributed by atoms with van der Waals surface area (Å²) in [7, 11) is 0. The lowest BCUT2D eigenvalue weighted by Crippen LogP contribution is -2.47. The molecule has 0 unspecified atom stereocenters. The van der Waals surface area contributed by atoms with E-state index in [1.165, 1.54) is 4.90 Å². The van der Waals surface area contributed by atoms with Crippen LogP contribution in [0.4, 0.5) is 17.6 Å². The van der Waals surface area contributed by atoms with Gasteiger partial charge in [-0.3, -0.25) is 15.0 Å². The van der Waals surface area contributed by atoms with Gasteiger partial charge >= 0.3 is 6.18 Å². The second-order valence-electron chi connectivity index (χ2n) is 6.71.